The Labute approximate surface area is 123 Å². The van der Waals surface area contributed by atoms with Crippen molar-refractivity contribution in [3.05, 3.63) is 21.3 Å². The maximum atomic E-state index is 12.3. The second-order valence-electron chi connectivity index (χ2n) is 5.60. The number of carbonyl (C=O) groups excluding carboxylic acids is 1. The monoisotopic (exact) mass is 298 g/mol. The standard InChI is InChI=1S/C14H19ClN2OS/c1-10-7-16-6-2-3-11(16)8-17(10)9-12(18)13-4-5-14(15)19-13/h4-5,10-11H,2-3,6-9H2,1H3. The maximum absolute atomic E-state index is 12.3. The van der Waals surface area contributed by atoms with E-state index in [-0.39, 0.29) is 5.78 Å². The zero-order valence-corrected chi connectivity index (χ0v) is 12.7. The molecule has 2 saturated heterocycles. The molecule has 0 saturated carbocycles. The molecule has 1 aromatic heterocycles. The molecule has 3 nitrogen and oxygen atoms in total. The Hall–Kier alpha value is -0.420. The normalized spacial score (nSPS) is 28.5. The van der Waals surface area contributed by atoms with Crippen LogP contribution < -0.4 is 0 Å². The molecule has 2 atom stereocenters. The molecule has 0 spiro atoms. The number of piperazine rings is 1. The van der Waals surface area contributed by atoms with Crippen LogP contribution in [0.5, 0.6) is 0 Å². The Morgan fingerprint density at radius 2 is 2.32 bits per heavy atom. The van der Waals surface area contributed by atoms with Crippen LogP contribution in [0.3, 0.4) is 0 Å². The summed E-state index contributed by atoms with van der Waals surface area (Å²) in [5.41, 5.74) is 0. The zero-order valence-electron chi connectivity index (χ0n) is 11.1. The second-order valence-corrected chi connectivity index (χ2v) is 7.31. The number of halogens is 1. The van der Waals surface area contributed by atoms with Gasteiger partial charge in [0.2, 0.25) is 0 Å². The molecule has 0 aromatic carbocycles. The van der Waals surface area contributed by atoms with Gasteiger partial charge in [0, 0.05) is 25.2 Å². The van der Waals surface area contributed by atoms with Crippen LogP contribution in [0.2, 0.25) is 4.34 Å². The van der Waals surface area contributed by atoms with Crippen molar-refractivity contribution < 1.29 is 4.79 Å². The number of thiophene rings is 1. The first kappa shape index (κ1) is 13.6. The first-order valence-electron chi connectivity index (χ1n) is 6.90. The molecular formula is C14H19ClN2OS. The average Bonchev–Trinajstić information content (AvgIpc) is 2.98. The number of hydrogen-bond acceptors (Lipinski definition) is 4. The van der Waals surface area contributed by atoms with Crippen molar-refractivity contribution in [2.24, 2.45) is 0 Å². The summed E-state index contributed by atoms with van der Waals surface area (Å²) in [6, 6.07) is 4.77. The Kier molecular flexibility index (Phi) is 3.94. The summed E-state index contributed by atoms with van der Waals surface area (Å²) in [6.07, 6.45) is 2.59. The third kappa shape index (κ3) is 2.87. The van der Waals surface area contributed by atoms with Crippen LogP contribution in [0.15, 0.2) is 12.1 Å². The van der Waals surface area contributed by atoms with E-state index in [1.54, 1.807) is 6.07 Å². The highest BCUT2D eigenvalue weighted by Crippen LogP contribution is 2.26. The van der Waals surface area contributed by atoms with Crippen molar-refractivity contribution in [1.29, 1.82) is 0 Å². The molecular weight excluding hydrogens is 280 g/mol. The van der Waals surface area contributed by atoms with Gasteiger partial charge in [0.15, 0.2) is 5.78 Å². The van der Waals surface area contributed by atoms with Crippen molar-refractivity contribution >= 4 is 28.7 Å². The Morgan fingerprint density at radius 3 is 3.05 bits per heavy atom. The molecule has 2 unspecified atom stereocenters. The molecule has 5 heteroatoms. The van der Waals surface area contributed by atoms with E-state index in [2.05, 4.69) is 16.7 Å². The van der Waals surface area contributed by atoms with Gasteiger partial charge in [0.25, 0.3) is 0 Å². The minimum absolute atomic E-state index is 0.204. The van der Waals surface area contributed by atoms with Crippen molar-refractivity contribution in [2.75, 3.05) is 26.2 Å². The SMILES string of the molecule is CC1CN2CCCC2CN1CC(=O)c1ccc(Cl)s1. The summed E-state index contributed by atoms with van der Waals surface area (Å²) in [5, 5.41) is 0. The number of ketones is 1. The van der Waals surface area contributed by atoms with Gasteiger partial charge in [0.1, 0.15) is 0 Å². The number of hydrogen-bond donors (Lipinski definition) is 0. The highest BCUT2D eigenvalue weighted by molar-refractivity contribution is 7.18. The minimum atomic E-state index is 0.204. The summed E-state index contributed by atoms with van der Waals surface area (Å²) in [5.74, 6) is 0.204. The molecule has 19 heavy (non-hydrogen) atoms. The lowest BCUT2D eigenvalue weighted by Gasteiger charge is -2.41. The van der Waals surface area contributed by atoms with Crippen molar-refractivity contribution in [2.45, 2.75) is 31.8 Å². The van der Waals surface area contributed by atoms with E-state index in [1.807, 2.05) is 6.07 Å². The molecule has 0 aliphatic carbocycles. The summed E-state index contributed by atoms with van der Waals surface area (Å²) >= 11 is 7.28. The summed E-state index contributed by atoms with van der Waals surface area (Å²) in [7, 11) is 0. The van der Waals surface area contributed by atoms with E-state index in [9.17, 15) is 4.79 Å². The Balaban J connectivity index is 1.64. The smallest absolute Gasteiger partial charge is 0.186 e. The number of carbonyl (C=O) groups is 1. The van der Waals surface area contributed by atoms with Gasteiger partial charge in [-0.05, 0) is 38.4 Å². The van der Waals surface area contributed by atoms with E-state index >= 15 is 0 Å². The lowest BCUT2D eigenvalue weighted by atomic mass is 10.1. The molecule has 0 N–H and O–H groups in total. The molecule has 2 aliphatic heterocycles. The van der Waals surface area contributed by atoms with Gasteiger partial charge in [-0.25, -0.2) is 0 Å². The van der Waals surface area contributed by atoms with Crippen LogP contribution in [-0.2, 0) is 0 Å². The fourth-order valence-electron chi connectivity index (χ4n) is 3.19. The third-order valence-corrected chi connectivity index (χ3v) is 5.53. The van der Waals surface area contributed by atoms with Crippen molar-refractivity contribution in [3.63, 3.8) is 0 Å². The van der Waals surface area contributed by atoms with Gasteiger partial charge in [-0.3, -0.25) is 14.6 Å². The van der Waals surface area contributed by atoms with Gasteiger partial charge in [-0.1, -0.05) is 11.6 Å². The maximum Gasteiger partial charge on any atom is 0.186 e. The Morgan fingerprint density at radius 1 is 1.47 bits per heavy atom. The van der Waals surface area contributed by atoms with Crippen LogP contribution >= 0.6 is 22.9 Å². The van der Waals surface area contributed by atoms with Crippen LogP contribution in [0.25, 0.3) is 0 Å². The van der Waals surface area contributed by atoms with E-state index in [4.69, 9.17) is 11.6 Å². The summed E-state index contributed by atoms with van der Waals surface area (Å²) < 4.78 is 0.692. The number of rotatable bonds is 3. The van der Waals surface area contributed by atoms with E-state index in [1.165, 1.54) is 30.7 Å². The van der Waals surface area contributed by atoms with Gasteiger partial charge in [-0.15, -0.1) is 11.3 Å². The van der Waals surface area contributed by atoms with Crippen LogP contribution in [0.1, 0.15) is 29.4 Å². The van der Waals surface area contributed by atoms with E-state index in [0.29, 0.717) is 23.0 Å². The number of Topliss-reactive ketones (excluding diaryl/α,β-unsaturated/α-hetero) is 1. The van der Waals surface area contributed by atoms with Gasteiger partial charge in [-0.2, -0.15) is 0 Å². The highest BCUT2D eigenvalue weighted by atomic mass is 35.5. The molecule has 3 rings (SSSR count). The van der Waals surface area contributed by atoms with Crippen molar-refractivity contribution in [3.8, 4) is 0 Å². The molecule has 104 valence electrons. The predicted molar refractivity (Wildman–Crippen MR) is 79.3 cm³/mol. The number of nitrogens with zero attached hydrogens (tertiary/aromatic N) is 2. The van der Waals surface area contributed by atoms with Gasteiger partial charge >= 0.3 is 0 Å². The minimum Gasteiger partial charge on any atom is -0.298 e. The van der Waals surface area contributed by atoms with Gasteiger partial charge < -0.3 is 0 Å². The lowest BCUT2D eigenvalue weighted by Crippen LogP contribution is -2.55. The van der Waals surface area contributed by atoms with Crippen LogP contribution in [0.4, 0.5) is 0 Å². The summed E-state index contributed by atoms with van der Waals surface area (Å²) in [4.78, 5) is 18.0. The van der Waals surface area contributed by atoms with Crippen LogP contribution in [-0.4, -0.2) is 53.8 Å². The molecule has 0 amide bonds. The zero-order chi connectivity index (χ0) is 13.4. The van der Waals surface area contributed by atoms with Gasteiger partial charge in [0.05, 0.1) is 15.8 Å². The fourth-order valence-corrected chi connectivity index (χ4v) is 4.17. The molecule has 2 fully saturated rings. The molecule has 2 aliphatic rings. The number of fused-ring (bicyclic) bond motifs is 1. The first-order valence-corrected chi connectivity index (χ1v) is 8.09. The molecule has 0 radical (unpaired) electrons. The van der Waals surface area contributed by atoms with Crippen molar-refractivity contribution in [1.82, 2.24) is 9.80 Å². The fraction of sp³-hybridized carbons (Fsp3) is 0.643. The summed E-state index contributed by atoms with van der Waals surface area (Å²) in [6.45, 7) is 6.12. The Bertz CT molecular complexity index is 476. The first-order chi connectivity index (χ1) is 9.13. The topological polar surface area (TPSA) is 23.6 Å². The largest absolute Gasteiger partial charge is 0.298 e. The highest BCUT2D eigenvalue weighted by Gasteiger charge is 2.35. The average molecular weight is 299 g/mol. The molecule has 1 aromatic rings. The third-order valence-electron chi connectivity index (χ3n) is 4.26. The molecule has 0 bridgehead atoms. The second kappa shape index (κ2) is 5.52. The van der Waals surface area contributed by atoms with Crippen LogP contribution in [0, 0.1) is 0 Å². The predicted octanol–water partition coefficient (Wildman–Crippen LogP) is 2.75. The van der Waals surface area contributed by atoms with E-state index in [0.717, 1.165) is 18.0 Å². The molecule has 3 heterocycles. The lowest BCUT2D eigenvalue weighted by molar-refractivity contribution is 0.0537. The van der Waals surface area contributed by atoms with E-state index < -0.39 is 0 Å². The quantitative estimate of drug-likeness (QED) is 0.802.